The van der Waals surface area contributed by atoms with Gasteiger partial charge in [-0.05, 0) is 11.1 Å². The van der Waals surface area contributed by atoms with E-state index in [1.165, 1.54) is 4.90 Å². The number of carbonyl (C=O) groups is 1. The molecule has 0 spiro atoms. The van der Waals surface area contributed by atoms with E-state index < -0.39 is 16.8 Å². The minimum absolute atomic E-state index is 0.168. The standard InChI is InChI=1S/C6H12N2O3S/c1-8(5-2-7-3-5)6(9)4-12(10)11/h5,7H,2-4H2,1H3,(H,10,11)/p-1. The second-order valence-electron chi connectivity index (χ2n) is 2.76. The zero-order chi connectivity index (χ0) is 9.14. The Morgan fingerprint density at radius 3 is 2.67 bits per heavy atom. The maximum absolute atomic E-state index is 11.1. The maximum Gasteiger partial charge on any atom is 0.234 e. The van der Waals surface area contributed by atoms with Gasteiger partial charge in [-0.2, -0.15) is 0 Å². The van der Waals surface area contributed by atoms with Crippen LogP contribution in [0.25, 0.3) is 0 Å². The first-order valence-corrected chi connectivity index (χ1v) is 4.88. The number of amides is 1. The fourth-order valence-electron chi connectivity index (χ4n) is 0.954. The molecule has 0 aromatic heterocycles. The van der Waals surface area contributed by atoms with Crippen LogP contribution in [0.5, 0.6) is 0 Å². The molecule has 0 aromatic carbocycles. The van der Waals surface area contributed by atoms with Crippen LogP contribution in [-0.4, -0.2) is 51.5 Å². The Balaban J connectivity index is 2.34. The summed E-state index contributed by atoms with van der Waals surface area (Å²) in [5.41, 5.74) is 0. The molecule has 12 heavy (non-hydrogen) atoms. The lowest BCUT2D eigenvalue weighted by molar-refractivity contribution is -0.130. The van der Waals surface area contributed by atoms with Crippen LogP contribution in [0.1, 0.15) is 0 Å². The van der Waals surface area contributed by atoms with Gasteiger partial charge in [-0.25, -0.2) is 0 Å². The Morgan fingerprint density at radius 2 is 2.33 bits per heavy atom. The highest BCUT2D eigenvalue weighted by Gasteiger charge is 2.24. The molecule has 1 saturated heterocycles. The third-order valence-corrected chi connectivity index (χ3v) is 2.43. The highest BCUT2D eigenvalue weighted by Crippen LogP contribution is 2.02. The van der Waals surface area contributed by atoms with E-state index in [0.29, 0.717) is 0 Å². The van der Waals surface area contributed by atoms with E-state index in [2.05, 4.69) is 5.32 Å². The molecule has 0 radical (unpaired) electrons. The minimum Gasteiger partial charge on any atom is -0.772 e. The van der Waals surface area contributed by atoms with Gasteiger partial charge in [-0.15, -0.1) is 0 Å². The molecule has 1 atom stereocenters. The summed E-state index contributed by atoms with van der Waals surface area (Å²) in [7, 11) is 1.63. The van der Waals surface area contributed by atoms with E-state index in [1.54, 1.807) is 7.05 Å². The first-order chi connectivity index (χ1) is 5.61. The van der Waals surface area contributed by atoms with Gasteiger partial charge in [-0.3, -0.25) is 9.00 Å². The summed E-state index contributed by atoms with van der Waals surface area (Å²) in [5.74, 6) is -0.748. The fraction of sp³-hybridized carbons (Fsp3) is 0.833. The van der Waals surface area contributed by atoms with Crippen LogP contribution in [0, 0.1) is 0 Å². The smallest absolute Gasteiger partial charge is 0.234 e. The molecule has 1 unspecified atom stereocenters. The van der Waals surface area contributed by atoms with Crippen LogP contribution < -0.4 is 5.32 Å². The average Bonchev–Trinajstić information content (AvgIpc) is 1.81. The zero-order valence-electron chi connectivity index (χ0n) is 6.78. The Labute approximate surface area is 73.4 Å². The molecule has 1 aliphatic heterocycles. The molecule has 1 heterocycles. The molecule has 70 valence electrons. The first kappa shape index (κ1) is 9.63. The highest BCUT2D eigenvalue weighted by molar-refractivity contribution is 7.79. The summed E-state index contributed by atoms with van der Waals surface area (Å²) in [6, 6.07) is 0.168. The number of hydrogen-bond donors (Lipinski definition) is 1. The molecule has 0 saturated carbocycles. The third-order valence-electron chi connectivity index (χ3n) is 1.94. The van der Waals surface area contributed by atoms with Crippen molar-refractivity contribution in [2.45, 2.75) is 6.04 Å². The number of rotatable bonds is 3. The van der Waals surface area contributed by atoms with E-state index in [4.69, 9.17) is 0 Å². The molecule has 0 aliphatic carbocycles. The van der Waals surface area contributed by atoms with E-state index in [-0.39, 0.29) is 11.9 Å². The SMILES string of the molecule is CN(C(=O)CS(=O)[O-])C1CNC1. The fourth-order valence-corrected chi connectivity index (χ4v) is 1.36. The number of nitrogens with one attached hydrogen (secondary N) is 1. The molecule has 1 rings (SSSR count). The molecule has 0 bridgehead atoms. The summed E-state index contributed by atoms with van der Waals surface area (Å²) in [6.07, 6.45) is 0. The van der Waals surface area contributed by atoms with Crippen molar-refractivity contribution < 1.29 is 13.6 Å². The Hall–Kier alpha value is -0.460. The van der Waals surface area contributed by atoms with Gasteiger partial charge in [0, 0.05) is 20.1 Å². The van der Waals surface area contributed by atoms with Crippen molar-refractivity contribution in [3.05, 3.63) is 0 Å². The summed E-state index contributed by atoms with van der Waals surface area (Å²) in [5, 5.41) is 3.00. The van der Waals surface area contributed by atoms with Gasteiger partial charge in [0.05, 0.1) is 11.8 Å². The number of likely N-dealkylation sites (N-methyl/N-ethyl adjacent to an activating group) is 1. The third kappa shape index (κ3) is 2.26. The van der Waals surface area contributed by atoms with Crippen molar-refractivity contribution >= 4 is 17.0 Å². The van der Waals surface area contributed by atoms with Crippen LogP contribution in [0.2, 0.25) is 0 Å². The van der Waals surface area contributed by atoms with Gasteiger partial charge >= 0.3 is 0 Å². The van der Waals surface area contributed by atoms with Crippen molar-refractivity contribution in [2.75, 3.05) is 25.9 Å². The van der Waals surface area contributed by atoms with Gasteiger partial charge in [0.2, 0.25) is 5.91 Å². The average molecular weight is 191 g/mol. The first-order valence-electron chi connectivity index (χ1n) is 3.63. The lowest BCUT2D eigenvalue weighted by atomic mass is 10.1. The van der Waals surface area contributed by atoms with Crippen molar-refractivity contribution in [1.82, 2.24) is 10.2 Å². The summed E-state index contributed by atoms with van der Waals surface area (Å²) < 4.78 is 20.4. The molecule has 0 aromatic rings. The van der Waals surface area contributed by atoms with Gasteiger partial charge in [-0.1, -0.05) is 0 Å². The molecular formula is C6H11N2O3S-. The summed E-state index contributed by atoms with van der Waals surface area (Å²) in [6.45, 7) is 1.52. The Morgan fingerprint density at radius 1 is 1.75 bits per heavy atom. The van der Waals surface area contributed by atoms with E-state index in [0.717, 1.165) is 13.1 Å². The van der Waals surface area contributed by atoms with Crippen LogP contribution in [-0.2, 0) is 15.9 Å². The molecule has 1 aliphatic rings. The minimum atomic E-state index is -2.27. The van der Waals surface area contributed by atoms with Crippen molar-refractivity contribution in [3.63, 3.8) is 0 Å². The van der Waals surface area contributed by atoms with Crippen LogP contribution in [0.3, 0.4) is 0 Å². The van der Waals surface area contributed by atoms with Crippen LogP contribution in [0.4, 0.5) is 0 Å². The van der Waals surface area contributed by atoms with Gasteiger partial charge in [0.25, 0.3) is 0 Å². The number of hydrogen-bond acceptors (Lipinski definition) is 4. The van der Waals surface area contributed by atoms with Crippen LogP contribution >= 0.6 is 0 Å². The topological polar surface area (TPSA) is 72.5 Å². The van der Waals surface area contributed by atoms with E-state index in [1.807, 2.05) is 0 Å². The second-order valence-corrected chi connectivity index (χ2v) is 3.66. The molecule has 1 N–H and O–H groups in total. The Kier molecular flexibility index (Phi) is 3.19. The van der Waals surface area contributed by atoms with Gasteiger partial charge in [0.1, 0.15) is 0 Å². The van der Waals surface area contributed by atoms with Gasteiger partial charge < -0.3 is 14.8 Å². The predicted molar refractivity (Wildman–Crippen MR) is 43.2 cm³/mol. The van der Waals surface area contributed by atoms with E-state index >= 15 is 0 Å². The largest absolute Gasteiger partial charge is 0.772 e. The van der Waals surface area contributed by atoms with Crippen LogP contribution in [0.15, 0.2) is 0 Å². The predicted octanol–water partition coefficient (Wildman–Crippen LogP) is -1.70. The lowest BCUT2D eigenvalue weighted by Crippen LogP contribution is -2.58. The summed E-state index contributed by atoms with van der Waals surface area (Å²) in [4.78, 5) is 12.6. The zero-order valence-corrected chi connectivity index (χ0v) is 7.60. The quantitative estimate of drug-likeness (QED) is 0.539. The second kappa shape index (κ2) is 3.97. The number of carbonyl (C=O) groups excluding carboxylic acids is 1. The molecule has 1 fully saturated rings. The molecular weight excluding hydrogens is 180 g/mol. The summed E-state index contributed by atoms with van der Waals surface area (Å²) >= 11 is -2.27. The molecule has 6 heteroatoms. The Bertz CT molecular complexity index is 205. The van der Waals surface area contributed by atoms with Crippen molar-refractivity contribution in [3.8, 4) is 0 Å². The molecule has 5 nitrogen and oxygen atoms in total. The number of nitrogens with zero attached hydrogens (tertiary/aromatic N) is 1. The maximum atomic E-state index is 11.1. The van der Waals surface area contributed by atoms with Crippen molar-refractivity contribution in [1.29, 1.82) is 0 Å². The molecule has 1 amide bonds. The normalized spacial score (nSPS) is 19.8. The highest BCUT2D eigenvalue weighted by atomic mass is 32.2. The van der Waals surface area contributed by atoms with E-state index in [9.17, 15) is 13.6 Å². The van der Waals surface area contributed by atoms with Crippen molar-refractivity contribution in [2.24, 2.45) is 0 Å². The lowest BCUT2D eigenvalue weighted by Gasteiger charge is -2.35. The van der Waals surface area contributed by atoms with Gasteiger partial charge in [0.15, 0.2) is 0 Å². The monoisotopic (exact) mass is 191 g/mol.